The third-order valence-electron chi connectivity index (χ3n) is 5.74. The molecule has 1 N–H and O–H groups in total. The van der Waals surface area contributed by atoms with Crippen molar-refractivity contribution in [1.82, 2.24) is 0 Å². The predicted molar refractivity (Wildman–Crippen MR) is 147 cm³/mol. The SMILES string of the molecule is CCCOc1cc(C(=O)CCCCCC(=O)c2ccc(C)cc2)cc(OCCCS(=O)(=O)O)c1OCCC. The van der Waals surface area contributed by atoms with Crippen molar-refractivity contribution in [3.63, 3.8) is 0 Å². The number of carbonyl (C=O) groups is 2. The summed E-state index contributed by atoms with van der Waals surface area (Å²) in [5, 5.41) is 0. The van der Waals surface area contributed by atoms with Crippen LogP contribution in [0.3, 0.4) is 0 Å². The van der Waals surface area contributed by atoms with E-state index in [9.17, 15) is 18.0 Å². The van der Waals surface area contributed by atoms with Crippen LogP contribution >= 0.6 is 0 Å². The molecule has 0 bridgehead atoms. The Labute approximate surface area is 226 Å². The number of hydrogen-bond donors (Lipinski definition) is 1. The van der Waals surface area contributed by atoms with Gasteiger partial charge in [-0.05, 0) is 51.2 Å². The molecule has 0 saturated heterocycles. The van der Waals surface area contributed by atoms with Crippen molar-refractivity contribution < 1.29 is 36.8 Å². The van der Waals surface area contributed by atoms with Crippen LogP contribution in [0.1, 0.15) is 91.5 Å². The van der Waals surface area contributed by atoms with Crippen molar-refractivity contribution >= 4 is 21.7 Å². The standard InChI is InChI=1S/C29H40O8S/c1-4-16-35-27-20-24(21-28(29(27)37-17-5-2)36-18-9-19-38(32,33)34)26(31)11-8-6-7-10-25(30)23-14-12-22(3)13-15-23/h12-15,20-21H,4-11,16-19H2,1-3H3,(H,32,33,34). The van der Waals surface area contributed by atoms with E-state index >= 15 is 0 Å². The predicted octanol–water partition coefficient (Wildman–Crippen LogP) is 6.25. The fourth-order valence-electron chi connectivity index (χ4n) is 3.71. The van der Waals surface area contributed by atoms with E-state index in [-0.39, 0.29) is 24.6 Å². The number of ketones is 2. The molecule has 0 radical (unpaired) electrons. The van der Waals surface area contributed by atoms with Crippen LogP contribution < -0.4 is 14.2 Å². The number of Topliss-reactive ketones (excluding diaryl/α,β-unsaturated/α-hetero) is 2. The first-order valence-corrected chi connectivity index (χ1v) is 14.9. The van der Waals surface area contributed by atoms with Gasteiger partial charge in [0.05, 0.1) is 25.6 Å². The smallest absolute Gasteiger partial charge is 0.264 e. The molecule has 210 valence electrons. The van der Waals surface area contributed by atoms with Gasteiger partial charge >= 0.3 is 0 Å². The zero-order chi connectivity index (χ0) is 28.0. The normalized spacial score (nSPS) is 11.3. The number of hydrogen-bond acceptors (Lipinski definition) is 7. The van der Waals surface area contributed by atoms with E-state index < -0.39 is 15.9 Å². The fourth-order valence-corrected chi connectivity index (χ4v) is 4.19. The number of aryl methyl sites for hydroxylation is 1. The van der Waals surface area contributed by atoms with Gasteiger partial charge < -0.3 is 14.2 Å². The molecule has 38 heavy (non-hydrogen) atoms. The summed E-state index contributed by atoms with van der Waals surface area (Å²) in [6.45, 7) is 6.77. The Balaban J connectivity index is 2.04. The highest BCUT2D eigenvalue weighted by atomic mass is 32.2. The summed E-state index contributed by atoms with van der Waals surface area (Å²) in [5.41, 5.74) is 2.24. The second-order valence-electron chi connectivity index (χ2n) is 9.26. The molecule has 2 aromatic rings. The molecule has 8 nitrogen and oxygen atoms in total. The van der Waals surface area contributed by atoms with Crippen LogP contribution in [-0.4, -0.2) is 50.1 Å². The summed E-state index contributed by atoms with van der Waals surface area (Å²) in [4.78, 5) is 25.4. The van der Waals surface area contributed by atoms with Crippen molar-refractivity contribution in [3.05, 3.63) is 53.1 Å². The minimum atomic E-state index is -4.09. The van der Waals surface area contributed by atoms with Crippen molar-refractivity contribution in [2.45, 2.75) is 72.1 Å². The molecule has 2 rings (SSSR count). The highest BCUT2D eigenvalue weighted by Crippen LogP contribution is 2.40. The molecule has 2 aromatic carbocycles. The molecule has 0 atom stereocenters. The third-order valence-corrected chi connectivity index (χ3v) is 6.54. The first kappa shape index (κ1) is 31.3. The molecule has 0 amide bonds. The van der Waals surface area contributed by atoms with Crippen LogP contribution in [0.4, 0.5) is 0 Å². The van der Waals surface area contributed by atoms with Gasteiger partial charge in [-0.25, -0.2) is 0 Å². The first-order valence-electron chi connectivity index (χ1n) is 13.3. The van der Waals surface area contributed by atoms with Gasteiger partial charge in [-0.2, -0.15) is 8.42 Å². The molecule has 0 unspecified atom stereocenters. The van der Waals surface area contributed by atoms with Crippen LogP contribution in [0, 0.1) is 6.92 Å². The number of ether oxygens (including phenoxy) is 3. The molecule has 9 heteroatoms. The Hall–Kier alpha value is -2.91. The van der Waals surface area contributed by atoms with E-state index in [0.717, 1.165) is 24.8 Å². The van der Waals surface area contributed by atoms with Crippen molar-refractivity contribution in [2.75, 3.05) is 25.6 Å². The lowest BCUT2D eigenvalue weighted by atomic mass is 10.0. The van der Waals surface area contributed by atoms with Crippen LogP contribution in [0.5, 0.6) is 17.2 Å². The molecule has 0 aliphatic heterocycles. The summed E-state index contributed by atoms with van der Waals surface area (Å²) in [6.07, 6.45) is 4.44. The minimum absolute atomic E-state index is 0.0160. The third kappa shape index (κ3) is 11.2. The second-order valence-corrected chi connectivity index (χ2v) is 10.8. The zero-order valence-corrected chi connectivity index (χ0v) is 23.5. The van der Waals surface area contributed by atoms with Gasteiger partial charge in [-0.3, -0.25) is 14.1 Å². The molecule has 0 fully saturated rings. The van der Waals surface area contributed by atoms with Gasteiger partial charge in [-0.15, -0.1) is 0 Å². The largest absolute Gasteiger partial charge is 0.490 e. The van der Waals surface area contributed by atoms with Gasteiger partial charge in [0, 0.05) is 24.0 Å². The number of rotatable bonds is 19. The molecule has 0 aliphatic rings. The topological polar surface area (TPSA) is 116 Å². The van der Waals surface area contributed by atoms with Gasteiger partial charge in [-0.1, -0.05) is 50.1 Å². The van der Waals surface area contributed by atoms with E-state index in [1.165, 1.54) is 0 Å². The maximum atomic E-state index is 13.0. The molecule has 0 spiro atoms. The van der Waals surface area contributed by atoms with E-state index in [1.807, 2.05) is 45.0 Å². The minimum Gasteiger partial charge on any atom is -0.490 e. The van der Waals surface area contributed by atoms with Gasteiger partial charge in [0.2, 0.25) is 5.75 Å². The molecular weight excluding hydrogens is 508 g/mol. The van der Waals surface area contributed by atoms with Crippen molar-refractivity contribution in [3.8, 4) is 17.2 Å². The van der Waals surface area contributed by atoms with Crippen LogP contribution in [0.25, 0.3) is 0 Å². The summed E-state index contributed by atoms with van der Waals surface area (Å²) < 4.78 is 48.5. The average molecular weight is 549 g/mol. The summed E-state index contributed by atoms with van der Waals surface area (Å²) in [5.74, 6) is 0.670. The quantitative estimate of drug-likeness (QED) is 0.124. The maximum Gasteiger partial charge on any atom is 0.264 e. The number of unbranched alkanes of at least 4 members (excludes halogenated alkanes) is 2. The molecule has 0 saturated carbocycles. The molecular formula is C29H40O8S. The first-order chi connectivity index (χ1) is 18.1. The molecule has 0 aromatic heterocycles. The Bertz CT molecular complexity index is 1140. The zero-order valence-electron chi connectivity index (χ0n) is 22.7. The van der Waals surface area contributed by atoms with Gasteiger partial charge in [0.15, 0.2) is 23.1 Å². The lowest BCUT2D eigenvalue weighted by molar-refractivity contribution is 0.0977. The lowest BCUT2D eigenvalue weighted by Crippen LogP contribution is -2.11. The Morgan fingerprint density at radius 2 is 1.26 bits per heavy atom. The summed E-state index contributed by atoms with van der Waals surface area (Å²) >= 11 is 0. The number of benzene rings is 2. The van der Waals surface area contributed by atoms with Gasteiger partial charge in [0.25, 0.3) is 10.1 Å². The van der Waals surface area contributed by atoms with E-state index in [2.05, 4.69) is 0 Å². The van der Waals surface area contributed by atoms with E-state index in [0.29, 0.717) is 67.3 Å². The van der Waals surface area contributed by atoms with Crippen LogP contribution in [-0.2, 0) is 10.1 Å². The highest BCUT2D eigenvalue weighted by molar-refractivity contribution is 7.85. The van der Waals surface area contributed by atoms with Crippen molar-refractivity contribution in [1.29, 1.82) is 0 Å². The van der Waals surface area contributed by atoms with Crippen LogP contribution in [0.15, 0.2) is 36.4 Å². The molecule has 0 aliphatic carbocycles. The highest BCUT2D eigenvalue weighted by Gasteiger charge is 2.19. The van der Waals surface area contributed by atoms with E-state index in [1.54, 1.807) is 12.1 Å². The summed E-state index contributed by atoms with van der Waals surface area (Å²) in [7, 11) is -4.09. The Morgan fingerprint density at radius 1 is 0.737 bits per heavy atom. The molecule has 0 heterocycles. The number of carbonyl (C=O) groups excluding carboxylic acids is 2. The Kier molecular flexibility index (Phi) is 13.3. The maximum absolute atomic E-state index is 13.0. The second kappa shape index (κ2) is 16.1. The Morgan fingerprint density at radius 3 is 1.82 bits per heavy atom. The van der Waals surface area contributed by atoms with Gasteiger partial charge in [0.1, 0.15) is 0 Å². The average Bonchev–Trinajstić information content (AvgIpc) is 2.88. The van der Waals surface area contributed by atoms with Crippen LogP contribution in [0.2, 0.25) is 0 Å². The fraction of sp³-hybridized carbons (Fsp3) is 0.517. The summed E-state index contributed by atoms with van der Waals surface area (Å²) in [6, 6.07) is 10.8. The van der Waals surface area contributed by atoms with Crippen molar-refractivity contribution in [2.24, 2.45) is 0 Å². The lowest BCUT2D eigenvalue weighted by Gasteiger charge is -2.18. The van der Waals surface area contributed by atoms with E-state index in [4.69, 9.17) is 18.8 Å². The monoisotopic (exact) mass is 548 g/mol.